The molecule has 2 aromatic heterocycles. The number of anilines is 2. The molecule has 0 radical (unpaired) electrons. The smallest absolute Gasteiger partial charge is 0.322 e. The molecule has 2 aliphatic rings. The Hall–Kier alpha value is -3.27. The molecule has 31 heavy (non-hydrogen) atoms. The summed E-state index contributed by atoms with van der Waals surface area (Å²) in [7, 11) is 0. The average Bonchev–Trinajstić information content (AvgIpc) is 3.46. The highest BCUT2D eigenvalue weighted by atomic mass is 19.1. The molecule has 2 atom stereocenters. The number of halogens is 2. The van der Waals surface area contributed by atoms with E-state index < -0.39 is 30.2 Å². The molecule has 2 saturated heterocycles. The van der Waals surface area contributed by atoms with E-state index in [0.717, 1.165) is 18.2 Å². The van der Waals surface area contributed by atoms with Crippen molar-refractivity contribution in [3.63, 3.8) is 0 Å². The van der Waals surface area contributed by atoms with Gasteiger partial charge in [0.05, 0.1) is 18.3 Å². The third-order valence-electron chi connectivity index (χ3n) is 5.60. The number of amides is 2. The molecule has 0 aliphatic carbocycles. The molecule has 4 heterocycles. The summed E-state index contributed by atoms with van der Waals surface area (Å²) in [6.07, 6.45) is 1.33. The van der Waals surface area contributed by atoms with Crippen molar-refractivity contribution in [1.29, 1.82) is 0 Å². The molecule has 5 rings (SSSR count). The predicted molar refractivity (Wildman–Crippen MR) is 110 cm³/mol. The van der Waals surface area contributed by atoms with Gasteiger partial charge in [-0.25, -0.2) is 23.1 Å². The van der Waals surface area contributed by atoms with Gasteiger partial charge in [-0.2, -0.15) is 5.10 Å². The van der Waals surface area contributed by atoms with E-state index >= 15 is 0 Å². The Bertz CT molecular complexity index is 1220. The molecule has 2 amide bonds. The Labute approximate surface area is 179 Å². The zero-order valence-electron chi connectivity index (χ0n) is 18.5. The zero-order valence-corrected chi connectivity index (χ0v) is 16.5. The number of nitrogens with one attached hydrogen (secondary N) is 1. The van der Waals surface area contributed by atoms with Crippen LogP contribution in [-0.2, 0) is 0 Å². The van der Waals surface area contributed by atoms with Crippen LogP contribution in [0.4, 0.5) is 25.1 Å². The first-order chi connectivity index (χ1) is 15.7. The molecule has 2 N–H and O–H groups in total. The highest BCUT2D eigenvalue weighted by molar-refractivity contribution is 5.93. The first-order valence-electron chi connectivity index (χ1n) is 11.0. The lowest BCUT2D eigenvalue weighted by molar-refractivity contribution is 0.176. The standard InChI is InChI=1S/C21H22F2N6O2/c22-13-3-4-16(23)15(10-13)18-2-1-7-28(18)19-6-9-29-20(26-19)17(11-24-29)25-21(31)27-8-5-14(30)12-27/h3-4,6,9-11,14,18,30H,1-2,5,7-8,12H2,(H,25,31)/t14-,18+/m0/s1/i2D2. The fraction of sp³-hybridized carbons (Fsp3) is 0.381. The lowest BCUT2D eigenvalue weighted by Gasteiger charge is -2.26. The molecule has 1 aromatic carbocycles. The molecule has 162 valence electrons. The average molecular weight is 430 g/mol. The van der Waals surface area contributed by atoms with Gasteiger partial charge in [0.15, 0.2) is 5.65 Å². The minimum Gasteiger partial charge on any atom is -0.391 e. The highest BCUT2D eigenvalue weighted by Crippen LogP contribution is 2.37. The number of likely N-dealkylation sites (tertiary alicyclic amines) is 1. The minimum atomic E-state index is -1.81. The van der Waals surface area contributed by atoms with Crippen molar-refractivity contribution in [2.24, 2.45) is 0 Å². The van der Waals surface area contributed by atoms with Crippen LogP contribution < -0.4 is 10.2 Å². The van der Waals surface area contributed by atoms with Crippen LogP contribution in [-0.4, -0.2) is 56.4 Å². The van der Waals surface area contributed by atoms with Crippen LogP contribution in [0.2, 0.25) is 0 Å². The summed E-state index contributed by atoms with van der Waals surface area (Å²) >= 11 is 0. The van der Waals surface area contributed by atoms with Crippen molar-refractivity contribution in [3.05, 3.63) is 53.9 Å². The van der Waals surface area contributed by atoms with Gasteiger partial charge in [0.25, 0.3) is 0 Å². The van der Waals surface area contributed by atoms with E-state index in [1.165, 1.54) is 15.6 Å². The first-order valence-corrected chi connectivity index (χ1v) is 10.0. The van der Waals surface area contributed by atoms with Gasteiger partial charge >= 0.3 is 6.03 Å². The van der Waals surface area contributed by atoms with E-state index in [2.05, 4.69) is 15.4 Å². The number of hydrogen-bond donors (Lipinski definition) is 2. The van der Waals surface area contributed by atoms with Crippen LogP contribution in [0.5, 0.6) is 0 Å². The predicted octanol–water partition coefficient (Wildman–Crippen LogP) is 2.95. The van der Waals surface area contributed by atoms with Crippen molar-refractivity contribution >= 4 is 23.2 Å². The Balaban J connectivity index is 1.48. The van der Waals surface area contributed by atoms with Crippen LogP contribution in [0.1, 0.15) is 33.6 Å². The maximum absolute atomic E-state index is 14.6. The van der Waals surface area contributed by atoms with Crippen molar-refractivity contribution in [2.75, 3.05) is 29.9 Å². The maximum atomic E-state index is 14.6. The van der Waals surface area contributed by atoms with Crippen molar-refractivity contribution in [1.82, 2.24) is 19.5 Å². The van der Waals surface area contributed by atoms with Gasteiger partial charge in [-0.1, -0.05) is 0 Å². The summed E-state index contributed by atoms with van der Waals surface area (Å²) in [5, 5.41) is 16.6. The van der Waals surface area contributed by atoms with E-state index in [4.69, 9.17) is 2.74 Å². The number of aromatic nitrogens is 3. The fourth-order valence-electron chi connectivity index (χ4n) is 4.04. The number of benzene rings is 1. The summed E-state index contributed by atoms with van der Waals surface area (Å²) in [5.74, 6) is -0.987. The first kappa shape index (κ1) is 17.4. The summed E-state index contributed by atoms with van der Waals surface area (Å²) < 4.78 is 46.7. The molecule has 2 fully saturated rings. The van der Waals surface area contributed by atoms with E-state index in [0.29, 0.717) is 30.1 Å². The summed E-state index contributed by atoms with van der Waals surface area (Å²) in [5.41, 5.74) is 0.597. The molecular formula is C21H22F2N6O2. The van der Waals surface area contributed by atoms with Gasteiger partial charge in [0, 0.05) is 34.1 Å². The van der Waals surface area contributed by atoms with Crippen LogP contribution >= 0.6 is 0 Å². The molecule has 0 unspecified atom stereocenters. The van der Waals surface area contributed by atoms with E-state index in [-0.39, 0.29) is 31.1 Å². The normalized spacial score (nSPS) is 23.8. The summed E-state index contributed by atoms with van der Waals surface area (Å²) in [6.45, 7) is 0.931. The quantitative estimate of drug-likeness (QED) is 0.667. The Kier molecular flexibility index (Phi) is 4.36. The third-order valence-corrected chi connectivity index (χ3v) is 5.60. The summed E-state index contributed by atoms with van der Waals surface area (Å²) in [4.78, 5) is 20.2. The van der Waals surface area contributed by atoms with Crippen molar-refractivity contribution in [2.45, 2.75) is 31.4 Å². The maximum Gasteiger partial charge on any atom is 0.322 e. The van der Waals surface area contributed by atoms with Crippen LogP contribution in [0.25, 0.3) is 5.65 Å². The van der Waals surface area contributed by atoms with Crippen molar-refractivity contribution < 1.29 is 21.4 Å². The second kappa shape index (κ2) is 7.77. The number of hydrogen-bond acceptors (Lipinski definition) is 5. The molecule has 2 aliphatic heterocycles. The van der Waals surface area contributed by atoms with E-state index in [1.54, 1.807) is 17.2 Å². The highest BCUT2D eigenvalue weighted by Gasteiger charge is 2.30. The van der Waals surface area contributed by atoms with Gasteiger partial charge in [-0.3, -0.25) is 0 Å². The fourth-order valence-corrected chi connectivity index (χ4v) is 4.04. The minimum absolute atomic E-state index is 0.0752. The largest absolute Gasteiger partial charge is 0.391 e. The third kappa shape index (κ3) is 3.67. The summed E-state index contributed by atoms with van der Waals surface area (Å²) in [6, 6.07) is 3.17. The number of fused-ring (bicyclic) bond motifs is 1. The molecule has 3 aromatic rings. The number of carbonyl (C=O) groups is 1. The van der Waals surface area contributed by atoms with Gasteiger partial charge in [0.2, 0.25) is 0 Å². The van der Waals surface area contributed by atoms with Crippen LogP contribution in [0.3, 0.4) is 0 Å². The SMILES string of the molecule is [2H]C1([2H])CCN(c2ccn3ncc(NC(=O)N4CC[C@H](O)C4)c3n2)[C@H]1c1cc(F)ccc1F. The molecule has 0 spiro atoms. The second-order valence-electron chi connectivity index (χ2n) is 7.65. The molecule has 0 saturated carbocycles. The molecule has 10 heteroatoms. The lowest BCUT2D eigenvalue weighted by atomic mass is 10.0. The monoisotopic (exact) mass is 430 g/mol. The van der Waals surface area contributed by atoms with Gasteiger partial charge in [-0.05, 0) is 43.5 Å². The van der Waals surface area contributed by atoms with Crippen molar-refractivity contribution in [3.8, 4) is 0 Å². The molecular weight excluding hydrogens is 406 g/mol. The number of nitrogens with zero attached hydrogens (tertiary/aromatic N) is 5. The zero-order chi connectivity index (χ0) is 23.3. The number of aliphatic hydroxyl groups is 1. The van der Waals surface area contributed by atoms with Gasteiger partial charge in [0.1, 0.15) is 23.1 Å². The van der Waals surface area contributed by atoms with Crippen LogP contribution in [0.15, 0.2) is 36.7 Å². The van der Waals surface area contributed by atoms with Crippen LogP contribution in [0, 0.1) is 11.6 Å². The number of carbonyl (C=O) groups excluding carboxylic acids is 1. The second-order valence-corrected chi connectivity index (χ2v) is 7.65. The van der Waals surface area contributed by atoms with Gasteiger partial charge in [-0.15, -0.1) is 0 Å². The molecule has 0 bridgehead atoms. The van der Waals surface area contributed by atoms with E-state index in [9.17, 15) is 18.7 Å². The molecule has 8 nitrogen and oxygen atoms in total. The Morgan fingerprint density at radius 3 is 2.97 bits per heavy atom. The number of urea groups is 1. The van der Waals surface area contributed by atoms with Gasteiger partial charge < -0.3 is 20.2 Å². The Morgan fingerprint density at radius 1 is 1.29 bits per heavy atom. The van der Waals surface area contributed by atoms with E-state index in [1.807, 2.05) is 0 Å². The number of rotatable bonds is 3. The lowest BCUT2D eigenvalue weighted by Crippen LogP contribution is -2.33. The topological polar surface area (TPSA) is 86.0 Å². The number of β-amino-alcohol motifs (C(OH)–C–C–N with tert-alkyl or cyclic N) is 1. The Morgan fingerprint density at radius 2 is 2.16 bits per heavy atom. The number of aliphatic hydroxyl groups excluding tert-OH is 1.